The van der Waals surface area contributed by atoms with Crippen LogP contribution in [0.15, 0.2) is 119 Å². The Bertz CT molecular complexity index is 2540. The number of carbonyl (C=O) groups excluding carboxylic acids is 2. The molecule has 7 rings (SSSR count). The summed E-state index contributed by atoms with van der Waals surface area (Å²) in [6.07, 6.45) is 13.9. The van der Waals surface area contributed by atoms with Gasteiger partial charge in [0.05, 0.1) is 11.8 Å². The van der Waals surface area contributed by atoms with Crippen LogP contribution in [0.1, 0.15) is 125 Å². The molecule has 2 aliphatic heterocycles. The largest absolute Gasteiger partial charge is 0.460 e. The molecule has 0 radical (unpaired) electrons. The summed E-state index contributed by atoms with van der Waals surface area (Å²) in [6, 6.07) is 26.1. The Morgan fingerprint density at radius 2 is 1.31 bits per heavy atom. The van der Waals surface area contributed by atoms with Gasteiger partial charge in [-0.25, -0.2) is 0 Å². The maximum Gasteiger partial charge on any atom is 0.306 e. The molecule has 0 atom stereocenters. The highest BCUT2D eigenvalue weighted by molar-refractivity contribution is 6.32. The van der Waals surface area contributed by atoms with E-state index in [9.17, 15) is 9.59 Å². The molecule has 0 saturated heterocycles. The topological polar surface area (TPSA) is 58.8 Å². The van der Waals surface area contributed by atoms with Crippen LogP contribution in [-0.4, -0.2) is 46.5 Å². The highest BCUT2D eigenvalue weighted by Crippen LogP contribution is 2.51. The number of rotatable bonds is 11. The molecule has 1 aliphatic carbocycles. The molecule has 320 valence electrons. The molecule has 6 nitrogen and oxygen atoms in total. The molecule has 2 heterocycles. The van der Waals surface area contributed by atoms with Crippen molar-refractivity contribution in [1.29, 1.82) is 0 Å². The number of ether oxygens (including phenoxy) is 2. The Hall–Kier alpha value is -4.94. The first-order valence-corrected chi connectivity index (χ1v) is 22.5. The van der Waals surface area contributed by atoms with Crippen LogP contribution in [0.5, 0.6) is 0 Å². The van der Waals surface area contributed by atoms with E-state index in [2.05, 4.69) is 134 Å². The van der Waals surface area contributed by atoms with E-state index in [1.807, 2.05) is 41.5 Å². The SMILES string of the molecule is CC(C)(C)OC(=O)CCCN1C(=CC=C2CCCC(C=CC3=[N+](CCCC(=O)OC(C)(C)C)c4ccc5ccccc5c4C3(C)C)=C2Cl)C(C)(C)c2c1ccc1ccccc21. The second kappa shape index (κ2) is 17.1. The Morgan fingerprint density at radius 3 is 1.95 bits per heavy atom. The van der Waals surface area contributed by atoms with Crippen molar-refractivity contribution in [2.75, 3.05) is 18.0 Å². The lowest BCUT2D eigenvalue weighted by Crippen LogP contribution is -2.28. The van der Waals surface area contributed by atoms with Crippen molar-refractivity contribution in [2.24, 2.45) is 0 Å². The zero-order valence-corrected chi connectivity index (χ0v) is 38.8. The van der Waals surface area contributed by atoms with Crippen LogP contribution in [0.25, 0.3) is 21.5 Å². The summed E-state index contributed by atoms with van der Waals surface area (Å²) in [7, 11) is 0. The highest BCUT2D eigenvalue weighted by atomic mass is 35.5. The maximum atomic E-state index is 12.8. The number of hydrogen-bond donors (Lipinski definition) is 0. The number of fused-ring (bicyclic) bond motifs is 6. The van der Waals surface area contributed by atoms with Gasteiger partial charge in [0.1, 0.15) is 17.7 Å². The van der Waals surface area contributed by atoms with E-state index in [-0.39, 0.29) is 22.8 Å². The molecular formula is C54H64ClN2O4+. The van der Waals surface area contributed by atoms with Crippen molar-refractivity contribution < 1.29 is 23.6 Å². The fraction of sp³-hybridized carbons (Fsp3) is 0.426. The number of allylic oxidation sites excluding steroid dienone is 8. The molecule has 0 N–H and O–H groups in total. The number of esters is 2. The average molecular weight is 841 g/mol. The molecule has 7 heteroatoms. The van der Waals surface area contributed by atoms with Crippen molar-refractivity contribution in [2.45, 2.75) is 136 Å². The summed E-state index contributed by atoms with van der Waals surface area (Å²) >= 11 is 7.40. The molecule has 4 aromatic rings. The van der Waals surface area contributed by atoms with E-state index >= 15 is 0 Å². The summed E-state index contributed by atoms with van der Waals surface area (Å²) in [5.41, 5.74) is 8.04. The monoisotopic (exact) mass is 839 g/mol. The van der Waals surface area contributed by atoms with Gasteiger partial charge in [-0.15, -0.1) is 0 Å². The molecule has 0 unspecified atom stereocenters. The van der Waals surface area contributed by atoms with Gasteiger partial charge in [0, 0.05) is 58.9 Å². The van der Waals surface area contributed by atoms with Crippen LogP contribution >= 0.6 is 11.6 Å². The average Bonchev–Trinajstić information content (AvgIpc) is 3.53. The predicted molar refractivity (Wildman–Crippen MR) is 253 cm³/mol. The minimum absolute atomic E-state index is 0.169. The van der Waals surface area contributed by atoms with Crippen LogP contribution in [-0.2, 0) is 29.9 Å². The van der Waals surface area contributed by atoms with Crippen molar-refractivity contribution in [3.05, 3.63) is 130 Å². The lowest BCUT2D eigenvalue weighted by atomic mass is 9.78. The molecule has 0 fully saturated rings. The van der Waals surface area contributed by atoms with Crippen LogP contribution in [0.2, 0.25) is 0 Å². The second-order valence-corrected chi connectivity index (χ2v) is 20.3. The molecular weight excluding hydrogens is 776 g/mol. The molecule has 3 aliphatic rings. The van der Waals surface area contributed by atoms with Gasteiger partial charge in [-0.2, -0.15) is 4.58 Å². The summed E-state index contributed by atoms with van der Waals surface area (Å²) in [4.78, 5) is 27.9. The quantitative estimate of drug-likeness (QED) is 0.111. The van der Waals surface area contributed by atoms with Crippen LogP contribution in [0.4, 0.5) is 11.4 Å². The zero-order valence-electron chi connectivity index (χ0n) is 38.0. The number of anilines is 1. The molecule has 0 amide bonds. The first-order chi connectivity index (χ1) is 28.8. The molecule has 0 saturated carbocycles. The number of carbonyl (C=O) groups is 2. The van der Waals surface area contributed by atoms with Crippen molar-refractivity contribution in [3.63, 3.8) is 0 Å². The maximum absolute atomic E-state index is 12.8. The normalized spacial score (nSPS) is 18.8. The van der Waals surface area contributed by atoms with E-state index in [0.717, 1.165) is 35.4 Å². The number of hydrogen-bond acceptors (Lipinski definition) is 5. The Morgan fingerprint density at radius 1 is 0.721 bits per heavy atom. The number of benzene rings is 4. The third kappa shape index (κ3) is 9.31. The fourth-order valence-electron chi connectivity index (χ4n) is 9.67. The Kier molecular flexibility index (Phi) is 12.4. The van der Waals surface area contributed by atoms with E-state index in [1.54, 1.807) is 0 Å². The Balaban J connectivity index is 1.22. The molecule has 0 bridgehead atoms. The van der Waals surface area contributed by atoms with Gasteiger partial charge in [-0.3, -0.25) is 9.59 Å². The lowest BCUT2D eigenvalue weighted by molar-refractivity contribution is -0.438. The summed E-state index contributed by atoms with van der Waals surface area (Å²) in [5.74, 6) is -0.338. The Labute approximate surface area is 368 Å². The van der Waals surface area contributed by atoms with E-state index in [0.29, 0.717) is 38.8 Å². The minimum atomic E-state index is -0.509. The van der Waals surface area contributed by atoms with E-state index < -0.39 is 11.2 Å². The third-order valence-corrected chi connectivity index (χ3v) is 12.7. The first-order valence-electron chi connectivity index (χ1n) is 22.2. The second-order valence-electron chi connectivity index (χ2n) is 20.0. The molecule has 0 aromatic heterocycles. The summed E-state index contributed by atoms with van der Waals surface area (Å²) in [6.45, 7) is 22.1. The third-order valence-electron chi connectivity index (χ3n) is 12.2. The molecule has 0 spiro atoms. The van der Waals surface area contributed by atoms with Gasteiger partial charge in [0.2, 0.25) is 5.69 Å². The van der Waals surface area contributed by atoms with Gasteiger partial charge in [-0.05, 0) is 138 Å². The smallest absolute Gasteiger partial charge is 0.306 e. The number of halogens is 1. The predicted octanol–water partition coefficient (Wildman–Crippen LogP) is 13.5. The van der Waals surface area contributed by atoms with Crippen molar-refractivity contribution >= 4 is 62.2 Å². The van der Waals surface area contributed by atoms with Crippen molar-refractivity contribution in [3.8, 4) is 0 Å². The minimum Gasteiger partial charge on any atom is -0.460 e. The van der Waals surface area contributed by atoms with Gasteiger partial charge >= 0.3 is 11.9 Å². The van der Waals surface area contributed by atoms with E-state index in [1.165, 1.54) is 55.5 Å². The fourth-order valence-corrected chi connectivity index (χ4v) is 9.98. The summed E-state index contributed by atoms with van der Waals surface area (Å²) in [5, 5.41) is 5.76. The standard InChI is InChI=1S/C54H64ClN2O4/c1-51(2,3)60-46(58)24-16-34-56-42-30-26-36-18-11-13-22-40(36)48(42)53(7,8)44(56)32-28-38-20-15-21-39(50(38)55)29-33-45-54(9,10)49-41-23-14-12-19-37(41)27-31-43(49)57(45)35-17-25-47(59)61-52(4,5)6/h11-14,18-19,22-23,26-33H,15-17,20-21,24-25,34-35H2,1-10H3/q+1. The number of nitrogens with zero attached hydrogens (tertiary/aromatic N) is 2. The van der Waals surface area contributed by atoms with Gasteiger partial charge in [-0.1, -0.05) is 92.2 Å². The van der Waals surface area contributed by atoms with Gasteiger partial charge < -0.3 is 14.4 Å². The van der Waals surface area contributed by atoms with Crippen LogP contribution < -0.4 is 4.90 Å². The lowest BCUT2D eigenvalue weighted by Gasteiger charge is -2.27. The van der Waals surface area contributed by atoms with Gasteiger partial charge in [0.25, 0.3) is 0 Å². The van der Waals surface area contributed by atoms with E-state index in [4.69, 9.17) is 21.1 Å². The van der Waals surface area contributed by atoms with Crippen LogP contribution in [0.3, 0.4) is 0 Å². The van der Waals surface area contributed by atoms with Crippen LogP contribution in [0, 0.1) is 0 Å². The van der Waals surface area contributed by atoms with Gasteiger partial charge in [0.15, 0.2) is 5.71 Å². The molecule has 4 aromatic carbocycles. The zero-order chi connectivity index (χ0) is 43.9. The summed E-state index contributed by atoms with van der Waals surface area (Å²) < 4.78 is 13.7. The van der Waals surface area contributed by atoms with Crippen molar-refractivity contribution in [1.82, 2.24) is 0 Å². The first kappa shape index (κ1) is 44.1. The molecule has 61 heavy (non-hydrogen) atoms. The highest BCUT2D eigenvalue weighted by Gasteiger charge is 2.46.